The molecule has 4 aromatic rings. The molecule has 0 unspecified atom stereocenters. The minimum absolute atomic E-state index is 0.0857. The van der Waals surface area contributed by atoms with E-state index in [-0.39, 0.29) is 22.1 Å². The summed E-state index contributed by atoms with van der Waals surface area (Å²) in [6.07, 6.45) is -0.652. The maximum absolute atomic E-state index is 13.5. The standard InChI is InChI=1S/C25H26F2N10O3S2/c1-14-11-35(24(38)34(2)3)8-9-36(14)20-18-16-5-4-15(42(39,40)33-25(12-28)6-7-25)10-17(16)37(21(18)30-13-29-20)23-32-31-22(41-23)19(26)27/h4-5,10,13-14,19,33H,6-9,11H2,1-3H3/t14-/m0/s1. The van der Waals surface area contributed by atoms with E-state index in [1.54, 1.807) is 25.1 Å². The van der Waals surface area contributed by atoms with Gasteiger partial charge in [0.15, 0.2) is 10.7 Å². The molecule has 42 heavy (non-hydrogen) atoms. The molecule has 6 rings (SSSR count). The van der Waals surface area contributed by atoms with E-state index in [2.05, 4.69) is 24.9 Å². The second-order valence-corrected chi connectivity index (χ2v) is 13.3. The summed E-state index contributed by atoms with van der Waals surface area (Å²) in [6, 6.07) is 6.26. The Bertz CT molecular complexity index is 1860. The lowest BCUT2D eigenvalue weighted by Crippen LogP contribution is -2.56. The van der Waals surface area contributed by atoms with Crippen molar-refractivity contribution in [1.82, 2.24) is 39.3 Å². The summed E-state index contributed by atoms with van der Waals surface area (Å²) in [5.74, 6) is 0.557. The minimum Gasteiger partial charge on any atom is -0.350 e. The van der Waals surface area contributed by atoms with Crippen LogP contribution in [0.25, 0.3) is 27.1 Å². The van der Waals surface area contributed by atoms with Crippen molar-refractivity contribution < 1.29 is 22.0 Å². The number of amides is 2. The molecule has 1 aliphatic carbocycles. The average molecular weight is 617 g/mol. The number of nitrogens with zero attached hydrogens (tertiary/aromatic N) is 9. The highest BCUT2D eigenvalue weighted by atomic mass is 32.2. The quantitative estimate of drug-likeness (QED) is 0.345. The van der Waals surface area contributed by atoms with Gasteiger partial charge >= 0.3 is 6.03 Å². The van der Waals surface area contributed by atoms with Crippen LogP contribution in [0.1, 0.15) is 31.2 Å². The maximum Gasteiger partial charge on any atom is 0.319 e. The lowest BCUT2D eigenvalue weighted by atomic mass is 10.1. The molecule has 220 valence electrons. The van der Waals surface area contributed by atoms with Crippen LogP contribution in [0.5, 0.6) is 0 Å². The Morgan fingerprint density at radius 1 is 1.24 bits per heavy atom. The summed E-state index contributed by atoms with van der Waals surface area (Å²) in [6.45, 7) is 3.35. The molecule has 0 spiro atoms. The monoisotopic (exact) mass is 616 g/mol. The number of piperazine rings is 1. The van der Waals surface area contributed by atoms with Gasteiger partial charge in [-0.3, -0.25) is 4.57 Å². The number of halogens is 2. The van der Waals surface area contributed by atoms with Gasteiger partial charge in [0.05, 0.1) is 21.9 Å². The van der Waals surface area contributed by atoms with E-state index >= 15 is 0 Å². The Hall–Kier alpha value is -4.01. The zero-order chi connectivity index (χ0) is 30.0. The first-order valence-electron chi connectivity index (χ1n) is 13.0. The van der Waals surface area contributed by atoms with Crippen LogP contribution >= 0.6 is 11.3 Å². The van der Waals surface area contributed by atoms with Crippen LogP contribution in [0.4, 0.5) is 19.4 Å². The zero-order valence-electron chi connectivity index (χ0n) is 22.8. The van der Waals surface area contributed by atoms with Crippen LogP contribution in [-0.2, 0) is 10.0 Å². The van der Waals surface area contributed by atoms with Gasteiger partial charge in [-0.05, 0) is 31.9 Å². The molecular weight excluding hydrogens is 590 g/mol. The summed E-state index contributed by atoms with van der Waals surface area (Å²) >= 11 is 0.673. The second-order valence-electron chi connectivity index (χ2n) is 10.6. The number of fused-ring (bicyclic) bond motifs is 3. The van der Waals surface area contributed by atoms with E-state index in [1.807, 2.05) is 17.9 Å². The molecule has 3 aromatic heterocycles. The zero-order valence-corrected chi connectivity index (χ0v) is 24.5. The smallest absolute Gasteiger partial charge is 0.319 e. The molecule has 0 radical (unpaired) electrons. The predicted octanol–water partition coefficient (Wildman–Crippen LogP) is 2.89. The molecule has 17 heteroatoms. The van der Waals surface area contributed by atoms with Crippen molar-refractivity contribution in [3.8, 4) is 11.2 Å². The van der Waals surface area contributed by atoms with Crippen LogP contribution in [0, 0.1) is 11.3 Å². The predicted molar refractivity (Wildman–Crippen MR) is 150 cm³/mol. The van der Waals surface area contributed by atoms with Gasteiger partial charge < -0.3 is 14.7 Å². The number of benzene rings is 1. The van der Waals surface area contributed by atoms with Crippen molar-refractivity contribution >= 4 is 55.1 Å². The molecule has 1 atom stereocenters. The van der Waals surface area contributed by atoms with Crippen LogP contribution in [0.3, 0.4) is 0 Å². The van der Waals surface area contributed by atoms with E-state index in [0.29, 0.717) is 71.6 Å². The summed E-state index contributed by atoms with van der Waals surface area (Å²) in [4.78, 5) is 26.9. The van der Waals surface area contributed by atoms with Gasteiger partial charge in [0.25, 0.3) is 6.43 Å². The number of nitriles is 1. The number of hydrogen-bond donors (Lipinski definition) is 1. The first-order valence-corrected chi connectivity index (χ1v) is 15.3. The highest BCUT2D eigenvalue weighted by molar-refractivity contribution is 7.89. The summed E-state index contributed by atoms with van der Waals surface area (Å²) < 4.78 is 57.5. The molecule has 4 heterocycles. The SMILES string of the molecule is C[C@H]1CN(C(=O)N(C)C)CCN1c1ncnc2c1c1ccc(S(=O)(=O)NC3(C#N)CC3)cc1n2-c1nnc(C(F)F)s1. The molecule has 1 N–H and O–H groups in total. The van der Waals surface area contributed by atoms with Crippen LogP contribution in [-0.4, -0.2) is 94.3 Å². The topological polar surface area (TPSA) is 153 Å². The van der Waals surface area contributed by atoms with Gasteiger partial charge in [-0.1, -0.05) is 17.4 Å². The van der Waals surface area contributed by atoms with Crippen molar-refractivity contribution in [3.63, 3.8) is 0 Å². The van der Waals surface area contributed by atoms with Crippen LogP contribution < -0.4 is 9.62 Å². The Labute approximate surface area is 243 Å². The number of aromatic nitrogens is 5. The normalized spacial score (nSPS) is 18.5. The molecule has 13 nitrogen and oxygen atoms in total. The van der Waals surface area contributed by atoms with E-state index in [1.165, 1.54) is 27.9 Å². The molecule has 2 amide bonds. The van der Waals surface area contributed by atoms with Crippen molar-refractivity contribution in [2.45, 2.75) is 42.7 Å². The Morgan fingerprint density at radius 2 is 2.00 bits per heavy atom. The third-order valence-electron chi connectivity index (χ3n) is 7.46. The minimum atomic E-state index is -4.09. The fraction of sp³-hybridized carbons (Fsp3) is 0.440. The molecule has 0 bridgehead atoms. The largest absolute Gasteiger partial charge is 0.350 e. The number of alkyl halides is 2. The number of carbonyl (C=O) groups excluding carboxylic acids is 1. The van der Waals surface area contributed by atoms with E-state index in [4.69, 9.17) is 0 Å². The fourth-order valence-electron chi connectivity index (χ4n) is 5.19. The fourth-order valence-corrected chi connectivity index (χ4v) is 7.30. The average Bonchev–Trinajstić information content (AvgIpc) is 3.39. The van der Waals surface area contributed by atoms with Crippen molar-refractivity contribution in [2.75, 3.05) is 38.6 Å². The summed E-state index contributed by atoms with van der Waals surface area (Å²) in [5, 5.41) is 17.8. The number of nitrogens with one attached hydrogen (secondary N) is 1. The van der Waals surface area contributed by atoms with Gasteiger partial charge in [-0.15, -0.1) is 10.2 Å². The van der Waals surface area contributed by atoms with Gasteiger partial charge in [-0.2, -0.15) is 9.98 Å². The van der Waals surface area contributed by atoms with Gasteiger partial charge in [-0.25, -0.2) is 32.0 Å². The van der Waals surface area contributed by atoms with Crippen molar-refractivity contribution in [1.29, 1.82) is 5.26 Å². The molecule has 2 aliphatic rings. The Kier molecular flexibility index (Phi) is 6.74. The highest BCUT2D eigenvalue weighted by Crippen LogP contribution is 2.40. The molecular formula is C25H26F2N10O3S2. The first kappa shape index (κ1) is 28.1. The van der Waals surface area contributed by atoms with Crippen molar-refractivity contribution in [2.24, 2.45) is 0 Å². The van der Waals surface area contributed by atoms with E-state index in [9.17, 15) is 27.3 Å². The summed E-state index contributed by atoms with van der Waals surface area (Å²) in [5.41, 5.74) is -0.441. The third kappa shape index (κ3) is 4.68. The Morgan fingerprint density at radius 3 is 2.62 bits per heavy atom. The summed E-state index contributed by atoms with van der Waals surface area (Å²) in [7, 11) is -0.694. The molecule has 2 fully saturated rings. The van der Waals surface area contributed by atoms with E-state index in [0.717, 1.165) is 0 Å². The van der Waals surface area contributed by atoms with Crippen LogP contribution in [0.2, 0.25) is 0 Å². The second kappa shape index (κ2) is 10.1. The van der Waals surface area contributed by atoms with Crippen molar-refractivity contribution in [3.05, 3.63) is 29.5 Å². The maximum atomic E-state index is 13.5. The third-order valence-corrected chi connectivity index (χ3v) is 9.91. The number of hydrogen-bond acceptors (Lipinski definition) is 10. The number of carbonyl (C=O) groups is 1. The first-order chi connectivity index (χ1) is 19.9. The lowest BCUT2D eigenvalue weighted by molar-refractivity contribution is 0.150. The number of urea groups is 1. The Balaban J connectivity index is 1.52. The molecule has 1 aromatic carbocycles. The van der Waals surface area contributed by atoms with Gasteiger partial charge in [0.2, 0.25) is 15.2 Å². The highest BCUT2D eigenvalue weighted by Gasteiger charge is 2.47. The molecule has 1 aliphatic heterocycles. The lowest BCUT2D eigenvalue weighted by Gasteiger charge is -2.41. The molecule has 1 saturated carbocycles. The number of anilines is 1. The van der Waals surface area contributed by atoms with E-state index < -0.39 is 27.0 Å². The van der Waals surface area contributed by atoms with Gasteiger partial charge in [0.1, 0.15) is 17.7 Å². The number of sulfonamides is 1. The molecule has 1 saturated heterocycles. The van der Waals surface area contributed by atoms with Gasteiger partial charge in [0, 0.05) is 45.2 Å². The number of rotatable bonds is 6. The van der Waals surface area contributed by atoms with Crippen LogP contribution in [0.15, 0.2) is 29.4 Å².